The second-order valence-corrected chi connectivity index (χ2v) is 5.02. The number of benzene rings is 1. The topological polar surface area (TPSA) is 82.7 Å². The summed E-state index contributed by atoms with van der Waals surface area (Å²) >= 11 is 0. The van der Waals surface area contributed by atoms with Gasteiger partial charge in [0.05, 0.1) is 0 Å². The lowest BCUT2D eigenvalue weighted by Crippen LogP contribution is -2.18. The Morgan fingerprint density at radius 1 is 1.19 bits per heavy atom. The highest BCUT2D eigenvalue weighted by Gasteiger charge is 2.14. The number of nitrogens with zero attached hydrogens (tertiary/aromatic N) is 2. The normalized spacial score (nSPS) is 13.8. The van der Waals surface area contributed by atoms with Gasteiger partial charge in [-0.05, 0) is 36.2 Å². The number of carbonyl (C=O) groups excluding carboxylic acids is 1. The van der Waals surface area contributed by atoms with Crippen LogP contribution in [-0.2, 0) is 11.2 Å². The second-order valence-electron chi connectivity index (χ2n) is 5.02. The van der Waals surface area contributed by atoms with Crippen LogP contribution in [0, 0.1) is 0 Å². The van der Waals surface area contributed by atoms with Crippen molar-refractivity contribution < 1.29 is 4.79 Å². The lowest BCUT2D eigenvalue weighted by atomic mass is 10.0. The number of fused-ring (bicyclic) bond motifs is 2. The molecule has 0 bridgehead atoms. The van der Waals surface area contributed by atoms with Gasteiger partial charge in [-0.1, -0.05) is 0 Å². The molecular weight excluding hydrogens is 266 g/mol. The minimum atomic E-state index is 0.0729. The number of hydrogen-bond donors (Lipinski definition) is 3. The highest BCUT2D eigenvalue weighted by Crippen LogP contribution is 2.26. The molecule has 1 amide bonds. The van der Waals surface area contributed by atoms with Crippen molar-refractivity contribution >= 4 is 34.3 Å². The average molecular weight is 279 g/mol. The third kappa shape index (κ3) is 2.20. The van der Waals surface area contributed by atoms with Crippen molar-refractivity contribution in [2.75, 3.05) is 10.6 Å². The summed E-state index contributed by atoms with van der Waals surface area (Å²) in [5.74, 6) is 0.619. The third-order valence-corrected chi connectivity index (χ3v) is 3.56. The molecule has 3 aromatic rings. The van der Waals surface area contributed by atoms with E-state index in [1.807, 2.05) is 30.5 Å². The first kappa shape index (κ1) is 11.9. The van der Waals surface area contributed by atoms with Crippen molar-refractivity contribution in [2.45, 2.75) is 12.8 Å². The summed E-state index contributed by atoms with van der Waals surface area (Å²) in [5, 5.41) is 7.04. The van der Waals surface area contributed by atoms with Gasteiger partial charge in [-0.2, -0.15) is 4.98 Å². The van der Waals surface area contributed by atoms with Crippen LogP contribution >= 0.6 is 0 Å². The Kier molecular flexibility index (Phi) is 2.60. The quantitative estimate of drug-likeness (QED) is 0.673. The number of aromatic nitrogens is 3. The molecule has 1 aliphatic heterocycles. The van der Waals surface area contributed by atoms with Gasteiger partial charge in [0, 0.05) is 35.6 Å². The summed E-state index contributed by atoms with van der Waals surface area (Å²) in [5.41, 5.74) is 3.73. The number of amides is 1. The lowest BCUT2D eigenvalue weighted by molar-refractivity contribution is -0.116. The molecule has 3 heterocycles. The van der Waals surface area contributed by atoms with Crippen LogP contribution in [0.5, 0.6) is 0 Å². The molecule has 4 rings (SSSR count). The molecular formula is C15H13N5O. The Hall–Kier alpha value is -2.89. The van der Waals surface area contributed by atoms with Gasteiger partial charge in [0.15, 0.2) is 0 Å². The fourth-order valence-electron chi connectivity index (χ4n) is 2.49. The van der Waals surface area contributed by atoms with Crippen LogP contribution in [0.3, 0.4) is 0 Å². The minimum absolute atomic E-state index is 0.0729. The first-order valence-corrected chi connectivity index (χ1v) is 6.78. The van der Waals surface area contributed by atoms with E-state index < -0.39 is 0 Å². The fraction of sp³-hybridized carbons (Fsp3) is 0.133. The number of hydrogen-bond acceptors (Lipinski definition) is 4. The molecule has 0 radical (unpaired) electrons. The van der Waals surface area contributed by atoms with Crippen molar-refractivity contribution in [2.24, 2.45) is 0 Å². The Labute approximate surface area is 120 Å². The van der Waals surface area contributed by atoms with Gasteiger partial charge >= 0.3 is 0 Å². The molecule has 1 aromatic carbocycles. The van der Waals surface area contributed by atoms with Crippen LogP contribution in [0.15, 0.2) is 36.7 Å². The van der Waals surface area contributed by atoms with Gasteiger partial charge in [-0.15, -0.1) is 0 Å². The van der Waals surface area contributed by atoms with Gasteiger partial charge in [0.1, 0.15) is 5.65 Å². The van der Waals surface area contributed by atoms with Gasteiger partial charge in [0.25, 0.3) is 0 Å². The summed E-state index contributed by atoms with van der Waals surface area (Å²) < 4.78 is 0. The summed E-state index contributed by atoms with van der Waals surface area (Å²) in [7, 11) is 0. The Balaban J connectivity index is 1.63. The maximum Gasteiger partial charge on any atom is 0.229 e. The number of aromatic amines is 1. The van der Waals surface area contributed by atoms with E-state index in [9.17, 15) is 4.79 Å². The maximum absolute atomic E-state index is 11.4. The molecule has 6 heteroatoms. The Morgan fingerprint density at radius 3 is 3.10 bits per heavy atom. The van der Waals surface area contributed by atoms with Crippen LogP contribution in [0.4, 0.5) is 17.3 Å². The zero-order valence-electron chi connectivity index (χ0n) is 11.2. The number of H-pyrrole nitrogens is 1. The molecule has 21 heavy (non-hydrogen) atoms. The van der Waals surface area contributed by atoms with E-state index in [0.717, 1.165) is 34.4 Å². The standard InChI is InChI=1S/C15H13N5O/c21-13-4-1-9-7-11(2-3-12(9)19-13)18-15-17-8-10-5-6-16-14(10)20-15/h2-3,5-8H,1,4H2,(H,19,21)(H2,16,17,18,20). The number of rotatable bonds is 2. The predicted molar refractivity (Wildman–Crippen MR) is 80.6 cm³/mol. The monoisotopic (exact) mass is 279 g/mol. The lowest BCUT2D eigenvalue weighted by Gasteiger charge is -2.17. The molecule has 1 aliphatic rings. The largest absolute Gasteiger partial charge is 0.346 e. The first-order chi connectivity index (χ1) is 10.3. The van der Waals surface area contributed by atoms with Crippen molar-refractivity contribution in [3.8, 4) is 0 Å². The van der Waals surface area contributed by atoms with Crippen molar-refractivity contribution in [1.82, 2.24) is 15.0 Å². The molecule has 6 nitrogen and oxygen atoms in total. The molecule has 0 aliphatic carbocycles. The third-order valence-electron chi connectivity index (χ3n) is 3.56. The average Bonchev–Trinajstić information content (AvgIpc) is 2.95. The van der Waals surface area contributed by atoms with E-state index >= 15 is 0 Å². The summed E-state index contributed by atoms with van der Waals surface area (Å²) in [6.45, 7) is 0. The number of carbonyl (C=O) groups is 1. The fourth-order valence-corrected chi connectivity index (χ4v) is 2.49. The molecule has 0 atom stereocenters. The van der Waals surface area contributed by atoms with E-state index in [1.165, 1.54) is 0 Å². The van der Waals surface area contributed by atoms with Crippen molar-refractivity contribution in [3.05, 3.63) is 42.2 Å². The molecule has 0 spiro atoms. The zero-order chi connectivity index (χ0) is 14.2. The van der Waals surface area contributed by atoms with E-state index in [-0.39, 0.29) is 5.91 Å². The van der Waals surface area contributed by atoms with Gasteiger partial charge in [-0.25, -0.2) is 4.98 Å². The van der Waals surface area contributed by atoms with Gasteiger partial charge in [0.2, 0.25) is 11.9 Å². The number of anilines is 3. The zero-order valence-corrected chi connectivity index (χ0v) is 11.2. The van der Waals surface area contributed by atoms with Crippen LogP contribution in [0.2, 0.25) is 0 Å². The van der Waals surface area contributed by atoms with E-state index in [4.69, 9.17) is 0 Å². The molecule has 104 valence electrons. The molecule has 3 N–H and O–H groups in total. The van der Waals surface area contributed by atoms with E-state index in [2.05, 4.69) is 25.6 Å². The second kappa shape index (κ2) is 4.59. The Morgan fingerprint density at radius 2 is 2.14 bits per heavy atom. The number of nitrogens with one attached hydrogen (secondary N) is 3. The molecule has 0 unspecified atom stereocenters. The highest BCUT2D eigenvalue weighted by molar-refractivity contribution is 5.94. The molecule has 0 saturated carbocycles. The van der Waals surface area contributed by atoms with Crippen LogP contribution in [-0.4, -0.2) is 20.9 Å². The first-order valence-electron chi connectivity index (χ1n) is 6.78. The van der Waals surface area contributed by atoms with E-state index in [0.29, 0.717) is 12.4 Å². The molecule has 0 saturated heterocycles. The molecule has 0 fully saturated rings. The smallest absolute Gasteiger partial charge is 0.229 e. The van der Waals surface area contributed by atoms with Crippen LogP contribution < -0.4 is 10.6 Å². The van der Waals surface area contributed by atoms with Crippen molar-refractivity contribution in [3.63, 3.8) is 0 Å². The SMILES string of the molecule is O=C1CCc2cc(Nc3ncc4cc[nH]c4n3)ccc2N1. The number of aryl methyl sites for hydroxylation is 1. The minimum Gasteiger partial charge on any atom is -0.346 e. The summed E-state index contributed by atoms with van der Waals surface area (Å²) in [6.07, 6.45) is 4.90. The molecule has 2 aromatic heterocycles. The predicted octanol–water partition coefficient (Wildman–Crippen LogP) is 2.59. The van der Waals surface area contributed by atoms with Crippen LogP contribution in [0.25, 0.3) is 11.0 Å². The van der Waals surface area contributed by atoms with Gasteiger partial charge < -0.3 is 15.6 Å². The summed E-state index contributed by atoms with van der Waals surface area (Å²) in [4.78, 5) is 23.1. The van der Waals surface area contributed by atoms with Gasteiger partial charge in [-0.3, -0.25) is 4.79 Å². The van der Waals surface area contributed by atoms with E-state index in [1.54, 1.807) is 6.20 Å². The van der Waals surface area contributed by atoms with Crippen molar-refractivity contribution in [1.29, 1.82) is 0 Å². The summed E-state index contributed by atoms with van der Waals surface area (Å²) in [6, 6.07) is 7.77. The Bertz CT molecular complexity index is 839. The maximum atomic E-state index is 11.4. The van der Waals surface area contributed by atoms with Crippen LogP contribution in [0.1, 0.15) is 12.0 Å². The highest BCUT2D eigenvalue weighted by atomic mass is 16.1.